The van der Waals surface area contributed by atoms with Gasteiger partial charge in [0.25, 0.3) is 5.91 Å². The van der Waals surface area contributed by atoms with Crippen LogP contribution in [0, 0.1) is 5.92 Å². The van der Waals surface area contributed by atoms with Crippen LogP contribution in [0.3, 0.4) is 0 Å². The Morgan fingerprint density at radius 2 is 1.86 bits per heavy atom. The predicted octanol–water partition coefficient (Wildman–Crippen LogP) is 3.33. The van der Waals surface area contributed by atoms with Crippen LogP contribution in [0.1, 0.15) is 39.7 Å². The third-order valence-corrected chi connectivity index (χ3v) is 4.18. The summed E-state index contributed by atoms with van der Waals surface area (Å²) in [7, 11) is 0. The summed E-state index contributed by atoms with van der Waals surface area (Å²) < 4.78 is 0. The molecule has 0 bridgehead atoms. The van der Waals surface area contributed by atoms with E-state index < -0.39 is 0 Å². The SMILES string of the molecule is CC1=C(C)C(NCc2ccccc2)N(CCC(C)C)C1=O. The molecule has 21 heavy (non-hydrogen) atoms. The number of hydrogen-bond acceptors (Lipinski definition) is 2. The summed E-state index contributed by atoms with van der Waals surface area (Å²) in [5, 5.41) is 3.53. The van der Waals surface area contributed by atoms with E-state index in [1.54, 1.807) is 0 Å². The van der Waals surface area contributed by atoms with Crippen LogP contribution in [-0.2, 0) is 11.3 Å². The maximum atomic E-state index is 12.4. The van der Waals surface area contributed by atoms with E-state index in [4.69, 9.17) is 0 Å². The van der Waals surface area contributed by atoms with Gasteiger partial charge >= 0.3 is 0 Å². The average Bonchev–Trinajstić information content (AvgIpc) is 2.68. The molecule has 1 aliphatic heterocycles. The fourth-order valence-electron chi connectivity index (χ4n) is 2.64. The van der Waals surface area contributed by atoms with Crippen LogP contribution in [0.5, 0.6) is 0 Å². The summed E-state index contributed by atoms with van der Waals surface area (Å²) in [6, 6.07) is 10.3. The van der Waals surface area contributed by atoms with E-state index in [-0.39, 0.29) is 12.1 Å². The van der Waals surface area contributed by atoms with Crippen LogP contribution in [-0.4, -0.2) is 23.5 Å². The Hall–Kier alpha value is -1.61. The van der Waals surface area contributed by atoms with Gasteiger partial charge in [-0.3, -0.25) is 10.1 Å². The topological polar surface area (TPSA) is 32.3 Å². The lowest BCUT2D eigenvalue weighted by molar-refractivity contribution is -0.127. The second kappa shape index (κ2) is 6.90. The Kier molecular flexibility index (Phi) is 5.18. The summed E-state index contributed by atoms with van der Waals surface area (Å²) >= 11 is 0. The fraction of sp³-hybridized carbons (Fsp3) is 0.500. The molecule has 114 valence electrons. The normalized spacial score (nSPS) is 19.0. The van der Waals surface area contributed by atoms with Crippen LogP contribution >= 0.6 is 0 Å². The fourth-order valence-corrected chi connectivity index (χ4v) is 2.64. The number of benzene rings is 1. The highest BCUT2D eigenvalue weighted by Gasteiger charge is 2.33. The van der Waals surface area contributed by atoms with E-state index in [1.165, 1.54) is 5.56 Å². The standard InChI is InChI=1S/C18H26N2O/c1-13(2)10-11-20-17(14(3)15(4)18(20)21)19-12-16-8-6-5-7-9-16/h5-9,13,17,19H,10-12H2,1-4H3. The number of nitrogens with one attached hydrogen (secondary N) is 1. The molecule has 0 aromatic heterocycles. The molecule has 1 amide bonds. The highest BCUT2D eigenvalue weighted by molar-refractivity contribution is 5.96. The lowest BCUT2D eigenvalue weighted by Gasteiger charge is -2.28. The summed E-state index contributed by atoms with van der Waals surface area (Å²) in [6.07, 6.45) is 1.08. The Bertz CT molecular complexity index is 519. The first-order chi connectivity index (χ1) is 10.0. The largest absolute Gasteiger partial charge is 0.319 e. The van der Waals surface area contributed by atoms with Gasteiger partial charge in [0.2, 0.25) is 0 Å². The molecule has 1 aromatic carbocycles. The summed E-state index contributed by atoms with van der Waals surface area (Å²) in [6.45, 7) is 9.98. The molecule has 1 N–H and O–H groups in total. The number of nitrogens with zero attached hydrogens (tertiary/aromatic N) is 1. The zero-order valence-corrected chi connectivity index (χ0v) is 13.5. The van der Waals surface area contributed by atoms with Gasteiger partial charge in [0.15, 0.2) is 0 Å². The molecule has 1 aliphatic rings. The van der Waals surface area contributed by atoms with Crippen molar-refractivity contribution in [1.82, 2.24) is 10.2 Å². The van der Waals surface area contributed by atoms with Crippen LogP contribution in [0.4, 0.5) is 0 Å². The van der Waals surface area contributed by atoms with Crippen molar-refractivity contribution in [1.29, 1.82) is 0 Å². The van der Waals surface area contributed by atoms with Crippen molar-refractivity contribution in [2.45, 2.75) is 46.8 Å². The molecule has 0 fully saturated rings. The average molecular weight is 286 g/mol. The summed E-state index contributed by atoms with van der Waals surface area (Å²) in [5.41, 5.74) is 3.29. The molecule has 0 radical (unpaired) electrons. The van der Waals surface area contributed by atoms with E-state index >= 15 is 0 Å². The molecule has 3 heteroatoms. The third-order valence-electron chi connectivity index (χ3n) is 4.18. The summed E-state index contributed by atoms with van der Waals surface area (Å²) in [5.74, 6) is 0.785. The van der Waals surface area contributed by atoms with E-state index in [1.807, 2.05) is 30.0 Å². The van der Waals surface area contributed by atoms with Crippen LogP contribution in [0.2, 0.25) is 0 Å². The van der Waals surface area contributed by atoms with Gasteiger partial charge < -0.3 is 4.90 Å². The number of carbonyl (C=O) groups is 1. The Labute approximate surface area is 128 Å². The van der Waals surface area contributed by atoms with Crippen LogP contribution < -0.4 is 5.32 Å². The van der Waals surface area contributed by atoms with E-state index in [2.05, 4.69) is 38.2 Å². The molecule has 1 atom stereocenters. The number of hydrogen-bond donors (Lipinski definition) is 1. The molecule has 0 saturated carbocycles. The minimum absolute atomic E-state index is 0.0384. The minimum atomic E-state index is 0.0384. The van der Waals surface area contributed by atoms with Crippen molar-refractivity contribution < 1.29 is 4.79 Å². The van der Waals surface area contributed by atoms with Crippen molar-refractivity contribution in [3.8, 4) is 0 Å². The van der Waals surface area contributed by atoms with Gasteiger partial charge in [0.05, 0.1) is 0 Å². The summed E-state index contributed by atoms with van der Waals surface area (Å²) in [4.78, 5) is 14.4. The van der Waals surface area contributed by atoms with Gasteiger partial charge in [-0.1, -0.05) is 44.2 Å². The predicted molar refractivity (Wildman–Crippen MR) is 86.6 cm³/mol. The lowest BCUT2D eigenvalue weighted by Crippen LogP contribution is -2.45. The van der Waals surface area contributed by atoms with E-state index in [9.17, 15) is 4.79 Å². The first-order valence-corrected chi connectivity index (χ1v) is 7.76. The highest BCUT2D eigenvalue weighted by Crippen LogP contribution is 2.25. The lowest BCUT2D eigenvalue weighted by atomic mass is 10.1. The van der Waals surface area contributed by atoms with E-state index in [0.717, 1.165) is 30.7 Å². The molecule has 0 aliphatic carbocycles. The minimum Gasteiger partial charge on any atom is -0.319 e. The smallest absolute Gasteiger partial charge is 0.251 e. The van der Waals surface area contributed by atoms with Gasteiger partial charge in [0.1, 0.15) is 6.17 Å². The van der Waals surface area contributed by atoms with Gasteiger partial charge in [-0.05, 0) is 37.3 Å². The quantitative estimate of drug-likeness (QED) is 0.870. The molecule has 1 aromatic rings. The van der Waals surface area contributed by atoms with Crippen molar-refractivity contribution in [2.24, 2.45) is 5.92 Å². The Morgan fingerprint density at radius 3 is 2.48 bits per heavy atom. The van der Waals surface area contributed by atoms with Gasteiger partial charge in [-0.2, -0.15) is 0 Å². The number of amides is 1. The van der Waals surface area contributed by atoms with Gasteiger partial charge in [-0.15, -0.1) is 0 Å². The second-order valence-corrected chi connectivity index (χ2v) is 6.26. The number of rotatable bonds is 6. The van der Waals surface area contributed by atoms with Gasteiger partial charge in [0, 0.05) is 18.7 Å². The maximum absolute atomic E-state index is 12.4. The van der Waals surface area contributed by atoms with E-state index in [0.29, 0.717) is 5.92 Å². The van der Waals surface area contributed by atoms with Crippen molar-refractivity contribution in [3.05, 3.63) is 47.0 Å². The molecular weight excluding hydrogens is 260 g/mol. The maximum Gasteiger partial charge on any atom is 0.251 e. The van der Waals surface area contributed by atoms with Crippen molar-refractivity contribution in [3.63, 3.8) is 0 Å². The molecule has 0 spiro atoms. The molecule has 0 saturated heterocycles. The zero-order valence-electron chi connectivity index (χ0n) is 13.5. The number of carbonyl (C=O) groups excluding carboxylic acids is 1. The molecular formula is C18H26N2O. The van der Waals surface area contributed by atoms with Crippen LogP contribution in [0.25, 0.3) is 0 Å². The van der Waals surface area contributed by atoms with Crippen molar-refractivity contribution in [2.75, 3.05) is 6.54 Å². The first kappa shape index (κ1) is 15.8. The Balaban J connectivity index is 2.04. The van der Waals surface area contributed by atoms with Crippen LogP contribution in [0.15, 0.2) is 41.5 Å². The first-order valence-electron chi connectivity index (χ1n) is 7.76. The monoisotopic (exact) mass is 286 g/mol. The zero-order chi connectivity index (χ0) is 15.4. The Morgan fingerprint density at radius 1 is 1.19 bits per heavy atom. The third kappa shape index (κ3) is 3.73. The second-order valence-electron chi connectivity index (χ2n) is 6.26. The molecule has 2 rings (SSSR count). The molecule has 1 heterocycles. The molecule has 1 unspecified atom stereocenters. The molecule has 3 nitrogen and oxygen atoms in total. The van der Waals surface area contributed by atoms with Crippen molar-refractivity contribution >= 4 is 5.91 Å². The van der Waals surface area contributed by atoms with Gasteiger partial charge in [-0.25, -0.2) is 0 Å². The highest BCUT2D eigenvalue weighted by atomic mass is 16.2.